The quantitative estimate of drug-likeness (QED) is 0.590. The number of sulfonamides is 1. The van der Waals surface area contributed by atoms with E-state index in [4.69, 9.17) is 16.3 Å². The maximum atomic E-state index is 12.5. The second-order valence-corrected chi connectivity index (χ2v) is 11.6. The molecule has 2 aliphatic rings. The Hall–Kier alpha value is -1.12. The Morgan fingerprint density at radius 1 is 1.21 bits per heavy atom. The zero-order chi connectivity index (χ0) is 20.4. The molecule has 0 amide bonds. The summed E-state index contributed by atoms with van der Waals surface area (Å²) >= 11 is 7.87. The molecular formula is C21H27ClN2O3S2. The van der Waals surface area contributed by atoms with Gasteiger partial charge in [-0.05, 0) is 67.8 Å². The first kappa shape index (κ1) is 21.1. The highest BCUT2D eigenvalue weighted by Gasteiger charge is 2.35. The predicted octanol–water partition coefficient (Wildman–Crippen LogP) is 4.48. The highest BCUT2D eigenvalue weighted by molar-refractivity contribution is 7.91. The summed E-state index contributed by atoms with van der Waals surface area (Å²) in [7, 11) is -1.73. The standard InChI is InChI=1S/C21H27ClN2O3S2/c1-23(29(25,26)20-8-5-11-28-20)14-16-12-18(13-16)27-19-7-4-6-17(21(19)22)15-24-9-2-3-10-24/h4-8,11,16,18H,2-3,9-10,12-15H2,1H3. The highest BCUT2D eigenvalue weighted by atomic mass is 35.5. The fraction of sp³-hybridized carbons (Fsp3) is 0.524. The van der Waals surface area contributed by atoms with Crippen LogP contribution >= 0.6 is 22.9 Å². The van der Waals surface area contributed by atoms with Crippen LogP contribution in [0.1, 0.15) is 31.2 Å². The zero-order valence-corrected chi connectivity index (χ0v) is 19.0. The van der Waals surface area contributed by atoms with Gasteiger partial charge in [-0.3, -0.25) is 4.90 Å². The number of thiophene rings is 1. The maximum Gasteiger partial charge on any atom is 0.252 e. The maximum absolute atomic E-state index is 12.5. The fourth-order valence-corrected chi connectivity index (χ4v) is 6.75. The summed E-state index contributed by atoms with van der Waals surface area (Å²) in [6, 6.07) is 9.42. The third-order valence-corrected chi connectivity index (χ3v) is 9.42. The predicted molar refractivity (Wildman–Crippen MR) is 117 cm³/mol. The molecule has 8 heteroatoms. The molecule has 1 aromatic heterocycles. The number of rotatable bonds is 8. The lowest BCUT2D eigenvalue weighted by Crippen LogP contribution is -2.41. The van der Waals surface area contributed by atoms with Crippen molar-refractivity contribution < 1.29 is 13.2 Å². The van der Waals surface area contributed by atoms with Gasteiger partial charge < -0.3 is 4.74 Å². The molecule has 5 nitrogen and oxygen atoms in total. The molecule has 1 saturated carbocycles. The molecule has 2 heterocycles. The third-order valence-electron chi connectivity index (χ3n) is 5.80. The van der Waals surface area contributed by atoms with Crippen LogP contribution in [0.2, 0.25) is 5.02 Å². The van der Waals surface area contributed by atoms with Gasteiger partial charge in [-0.15, -0.1) is 11.3 Å². The molecule has 1 aromatic carbocycles. The monoisotopic (exact) mass is 454 g/mol. The van der Waals surface area contributed by atoms with Gasteiger partial charge >= 0.3 is 0 Å². The fourth-order valence-electron chi connectivity index (χ4n) is 4.08. The first-order valence-corrected chi connectivity index (χ1v) is 12.8. The summed E-state index contributed by atoms with van der Waals surface area (Å²) < 4.78 is 33.1. The highest BCUT2D eigenvalue weighted by Crippen LogP contribution is 2.37. The summed E-state index contributed by atoms with van der Waals surface area (Å²) in [4.78, 5) is 2.42. The molecule has 1 aliphatic carbocycles. The van der Waals surface area contributed by atoms with Crippen molar-refractivity contribution in [2.45, 2.75) is 42.5 Å². The Labute approximate surface area is 182 Å². The van der Waals surface area contributed by atoms with Gasteiger partial charge in [0.15, 0.2) is 0 Å². The van der Waals surface area contributed by atoms with Crippen molar-refractivity contribution in [1.82, 2.24) is 9.21 Å². The molecule has 0 spiro atoms. The van der Waals surface area contributed by atoms with E-state index in [0.717, 1.165) is 43.8 Å². The number of benzene rings is 1. The summed E-state index contributed by atoms with van der Waals surface area (Å²) in [5.41, 5.74) is 1.11. The van der Waals surface area contributed by atoms with Gasteiger partial charge in [0, 0.05) is 20.1 Å². The largest absolute Gasteiger partial charge is 0.489 e. The van der Waals surface area contributed by atoms with Crippen LogP contribution in [0.25, 0.3) is 0 Å². The second-order valence-electron chi connectivity index (χ2n) is 8.01. The number of likely N-dealkylation sites (tertiary alicyclic amines) is 1. The van der Waals surface area contributed by atoms with Crippen LogP contribution in [0.5, 0.6) is 5.75 Å². The van der Waals surface area contributed by atoms with Gasteiger partial charge in [-0.25, -0.2) is 8.42 Å². The summed E-state index contributed by atoms with van der Waals surface area (Å²) in [6.07, 6.45) is 4.30. The Kier molecular flexibility index (Phi) is 6.51. The van der Waals surface area contributed by atoms with E-state index in [2.05, 4.69) is 11.0 Å². The molecule has 158 valence electrons. The molecule has 29 heavy (non-hydrogen) atoms. The van der Waals surface area contributed by atoms with Crippen LogP contribution in [0, 0.1) is 5.92 Å². The van der Waals surface area contributed by atoms with Gasteiger partial charge in [0.1, 0.15) is 9.96 Å². The second kappa shape index (κ2) is 8.94. The van der Waals surface area contributed by atoms with Crippen molar-refractivity contribution in [1.29, 1.82) is 0 Å². The molecule has 0 N–H and O–H groups in total. The normalized spacial score (nSPS) is 22.7. The van der Waals surface area contributed by atoms with Crippen LogP contribution in [-0.2, 0) is 16.6 Å². The zero-order valence-electron chi connectivity index (χ0n) is 16.6. The van der Waals surface area contributed by atoms with E-state index in [9.17, 15) is 8.42 Å². The van der Waals surface area contributed by atoms with Gasteiger partial charge in [-0.1, -0.05) is 29.8 Å². The van der Waals surface area contributed by atoms with E-state index >= 15 is 0 Å². The smallest absolute Gasteiger partial charge is 0.252 e. The molecule has 2 fully saturated rings. The summed E-state index contributed by atoms with van der Waals surface area (Å²) in [5.74, 6) is 1.05. The van der Waals surface area contributed by atoms with E-state index < -0.39 is 10.0 Å². The Morgan fingerprint density at radius 3 is 2.66 bits per heavy atom. The number of nitrogens with zero attached hydrogens (tertiary/aromatic N) is 2. The van der Waals surface area contributed by atoms with E-state index in [1.807, 2.05) is 12.1 Å². The summed E-state index contributed by atoms with van der Waals surface area (Å²) in [6.45, 7) is 3.65. The minimum Gasteiger partial charge on any atom is -0.489 e. The summed E-state index contributed by atoms with van der Waals surface area (Å²) in [5, 5.41) is 2.50. The lowest BCUT2D eigenvalue weighted by atomic mass is 9.82. The molecule has 4 rings (SSSR count). The molecular weight excluding hydrogens is 428 g/mol. The van der Waals surface area contributed by atoms with Crippen molar-refractivity contribution >= 4 is 33.0 Å². The SMILES string of the molecule is CN(CC1CC(Oc2cccc(CN3CCCC3)c2Cl)C1)S(=O)(=O)c1cccs1. The first-order chi connectivity index (χ1) is 13.9. The molecule has 0 bridgehead atoms. The van der Waals surface area contributed by atoms with E-state index in [1.165, 1.54) is 28.5 Å². The van der Waals surface area contributed by atoms with Crippen molar-refractivity contribution in [2.24, 2.45) is 5.92 Å². The van der Waals surface area contributed by atoms with Gasteiger partial charge in [0.2, 0.25) is 0 Å². The average molecular weight is 455 g/mol. The molecule has 1 aliphatic heterocycles. The van der Waals surface area contributed by atoms with Crippen molar-refractivity contribution in [3.8, 4) is 5.75 Å². The van der Waals surface area contributed by atoms with Gasteiger partial charge in [0.25, 0.3) is 10.0 Å². The molecule has 0 radical (unpaired) electrons. The minimum atomic E-state index is -3.38. The lowest BCUT2D eigenvalue weighted by molar-refractivity contribution is 0.0575. The topological polar surface area (TPSA) is 49.9 Å². The molecule has 0 atom stereocenters. The number of ether oxygens (including phenoxy) is 1. The van der Waals surface area contributed by atoms with Crippen LogP contribution < -0.4 is 4.74 Å². The van der Waals surface area contributed by atoms with E-state index in [-0.39, 0.29) is 6.10 Å². The molecule has 0 unspecified atom stereocenters. The third kappa shape index (κ3) is 4.80. The van der Waals surface area contributed by atoms with E-state index in [1.54, 1.807) is 24.6 Å². The molecule has 1 saturated heterocycles. The Bertz CT molecular complexity index is 921. The molecule has 2 aromatic rings. The van der Waals surface area contributed by atoms with Crippen LogP contribution in [0.15, 0.2) is 39.9 Å². The minimum absolute atomic E-state index is 0.0948. The first-order valence-electron chi connectivity index (χ1n) is 10.1. The van der Waals surface area contributed by atoms with E-state index in [0.29, 0.717) is 21.7 Å². The van der Waals surface area contributed by atoms with Crippen molar-refractivity contribution in [2.75, 3.05) is 26.7 Å². The number of hydrogen-bond acceptors (Lipinski definition) is 5. The Balaban J connectivity index is 1.29. The Morgan fingerprint density at radius 2 is 1.97 bits per heavy atom. The van der Waals surface area contributed by atoms with Crippen LogP contribution in [0.4, 0.5) is 0 Å². The van der Waals surface area contributed by atoms with Crippen LogP contribution in [0.3, 0.4) is 0 Å². The van der Waals surface area contributed by atoms with Crippen molar-refractivity contribution in [3.05, 3.63) is 46.3 Å². The van der Waals surface area contributed by atoms with Gasteiger partial charge in [0.05, 0.1) is 11.1 Å². The number of hydrogen-bond donors (Lipinski definition) is 0. The van der Waals surface area contributed by atoms with Crippen LogP contribution in [-0.4, -0.2) is 50.4 Å². The number of halogens is 1. The van der Waals surface area contributed by atoms with Crippen molar-refractivity contribution in [3.63, 3.8) is 0 Å². The average Bonchev–Trinajstić information content (AvgIpc) is 3.36. The lowest BCUT2D eigenvalue weighted by Gasteiger charge is -2.37. The van der Waals surface area contributed by atoms with Gasteiger partial charge in [-0.2, -0.15) is 4.31 Å².